The van der Waals surface area contributed by atoms with Crippen LogP contribution in [0.15, 0.2) is 24.3 Å². The van der Waals surface area contributed by atoms with Crippen LogP contribution in [0, 0.1) is 17.3 Å². The number of primary amides is 1. The molecule has 6 bridgehead atoms. The van der Waals surface area contributed by atoms with E-state index in [2.05, 4.69) is 11.0 Å². The van der Waals surface area contributed by atoms with Crippen LogP contribution in [-0.4, -0.2) is 75.8 Å². The van der Waals surface area contributed by atoms with Crippen LogP contribution >= 0.6 is 0 Å². The number of hydrogen-bond acceptors (Lipinski definition) is 5. The zero-order valence-corrected chi connectivity index (χ0v) is 21.3. The molecule has 0 spiro atoms. The van der Waals surface area contributed by atoms with Gasteiger partial charge in [-0.05, 0) is 105 Å². The molecule has 196 valence electrons. The Labute approximate surface area is 214 Å². The molecule has 7 heteroatoms. The van der Waals surface area contributed by atoms with Crippen molar-refractivity contribution in [2.24, 2.45) is 23.0 Å². The van der Waals surface area contributed by atoms with Gasteiger partial charge in [-0.2, -0.15) is 0 Å². The summed E-state index contributed by atoms with van der Waals surface area (Å²) in [6.45, 7) is 1.71. The van der Waals surface area contributed by atoms with Crippen molar-refractivity contribution in [3.05, 3.63) is 35.4 Å². The summed E-state index contributed by atoms with van der Waals surface area (Å²) in [5, 5.41) is 20.9. The van der Waals surface area contributed by atoms with E-state index in [0.29, 0.717) is 48.5 Å². The number of amides is 2. The summed E-state index contributed by atoms with van der Waals surface area (Å²) in [7, 11) is 0. The highest BCUT2D eigenvalue weighted by atomic mass is 16.3. The van der Waals surface area contributed by atoms with E-state index in [0.717, 1.165) is 51.5 Å². The Balaban J connectivity index is 1.11. The van der Waals surface area contributed by atoms with E-state index >= 15 is 0 Å². The summed E-state index contributed by atoms with van der Waals surface area (Å²) in [4.78, 5) is 29.0. The first-order valence-corrected chi connectivity index (χ1v) is 14.0. The Bertz CT molecular complexity index is 1000. The van der Waals surface area contributed by atoms with Gasteiger partial charge in [-0.25, -0.2) is 0 Å². The third kappa shape index (κ3) is 4.48. The summed E-state index contributed by atoms with van der Waals surface area (Å²) in [5.41, 5.74) is 6.77. The molecule has 2 amide bonds. The van der Waals surface area contributed by atoms with E-state index in [1.807, 2.05) is 17.0 Å². The maximum absolute atomic E-state index is 12.8. The lowest BCUT2D eigenvalue weighted by molar-refractivity contribution is -0.173. The lowest BCUT2D eigenvalue weighted by atomic mass is 9.48. The zero-order valence-electron chi connectivity index (χ0n) is 21.3. The van der Waals surface area contributed by atoms with E-state index in [-0.39, 0.29) is 17.2 Å². The van der Waals surface area contributed by atoms with Gasteiger partial charge in [-0.15, -0.1) is 0 Å². The molecule has 7 rings (SSSR count). The van der Waals surface area contributed by atoms with Crippen molar-refractivity contribution < 1.29 is 19.8 Å². The van der Waals surface area contributed by atoms with Crippen molar-refractivity contribution in [2.75, 3.05) is 26.2 Å². The Morgan fingerprint density at radius 2 is 1.75 bits per heavy atom. The van der Waals surface area contributed by atoms with E-state index < -0.39 is 12.2 Å². The molecule has 1 aromatic carbocycles. The molecule has 2 heterocycles. The third-order valence-corrected chi connectivity index (χ3v) is 10.3. The molecule has 1 aromatic rings. The fourth-order valence-electron chi connectivity index (χ4n) is 9.48. The molecule has 4 unspecified atom stereocenters. The Kier molecular flexibility index (Phi) is 6.17. The number of carbonyl (C=O) groups excluding carboxylic acids is 2. The predicted molar refractivity (Wildman–Crippen MR) is 136 cm³/mol. The normalized spacial score (nSPS) is 38.9. The molecule has 0 radical (unpaired) electrons. The monoisotopic (exact) mass is 495 g/mol. The highest BCUT2D eigenvalue weighted by Gasteiger charge is 2.57. The molecular weight excluding hydrogens is 454 g/mol. The maximum atomic E-state index is 12.8. The van der Waals surface area contributed by atoms with Crippen LogP contribution in [0.3, 0.4) is 0 Å². The van der Waals surface area contributed by atoms with Crippen LogP contribution in [-0.2, 0) is 4.79 Å². The average Bonchev–Trinajstić information content (AvgIpc) is 3.06. The van der Waals surface area contributed by atoms with Crippen molar-refractivity contribution in [1.29, 1.82) is 0 Å². The van der Waals surface area contributed by atoms with E-state index in [1.54, 1.807) is 6.07 Å². The van der Waals surface area contributed by atoms with Gasteiger partial charge in [0, 0.05) is 37.3 Å². The number of fused-ring (bicyclic) bond motifs is 2. The van der Waals surface area contributed by atoms with Crippen LogP contribution in [0.1, 0.15) is 86.0 Å². The minimum Gasteiger partial charge on any atom is -0.390 e. The Morgan fingerprint density at radius 3 is 2.36 bits per heavy atom. The Hall–Kier alpha value is -1.96. The van der Waals surface area contributed by atoms with Crippen LogP contribution < -0.4 is 5.73 Å². The molecule has 4 saturated carbocycles. The molecule has 4 N–H and O–H groups in total. The fourth-order valence-corrected chi connectivity index (χ4v) is 9.48. The van der Waals surface area contributed by atoms with Gasteiger partial charge in [0.05, 0.1) is 5.60 Å². The average molecular weight is 496 g/mol. The van der Waals surface area contributed by atoms with Gasteiger partial charge in [-0.3, -0.25) is 14.5 Å². The van der Waals surface area contributed by atoms with E-state index in [1.165, 1.54) is 24.8 Å². The van der Waals surface area contributed by atoms with Crippen molar-refractivity contribution in [3.63, 3.8) is 0 Å². The van der Waals surface area contributed by atoms with Crippen molar-refractivity contribution in [1.82, 2.24) is 9.80 Å². The van der Waals surface area contributed by atoms with Gasteiger partial charge in [0.15, 0.2) is 0 Å². The number of nitrogens with zero attached hydrogens (tertiary/aromatic N) is 2. The van der Waals surface area contributed by atoms with Gasteiger partial charge in [0.2, 0.25) is 11.8 Å². The largest absolute Gasteiger partial charge is 0.390 e. The molecular formula is C29H41N3O4. The molecule has 36 heavy (non-hydrogen) atoms. The summed E-state index contributed by atoms with van der Waals surface area (Å²) in [6, 6.07) is 8.76. The molecule has 6 aliphatic rings. The molecule has 0 aromatic heterocycles. The molecule has 2 saturated heterocycles. The second kappa shape index (κ2) is 9.10. The topological polar surface area (TPSA) is 107 Å². The molecule has 6 fully saturated rings. The quantitative estimate of drug-likeness (QED) is 0.514. The SMILES string of the molecule is NC(=O)c1cccc(C2CC3CCC(C2)N3CCN(CC23CC4CC(CC(O)(C4)C2)C3)C(=O)CO)c1. The Morgan fingerprint density at radius 1 is 1.06 bits per heavy atom. The molecule has 2 aliphatic heterocycles. The number of piperidine rings is 1. The second-order valence-electron chi connectivity index (χ2n) is 12.9. The first-order chi connectivity index (χ1) is 17.2. The van der Waals surface area contributed by atoms with Gasteiger partial charge in [0.1, 0.15) is 6.61 Å². The summed E-state index contributed by atoms with van der Waals surface area (Å²) in [5.74, 6) is 1.05. The number of carbonyl (C=O) groups is 2. The third-order valence-electron chi connectivity index (χ3n) is 10.3. The number of aliphatic hydroxyl groups is 2. The van der Waals surface area contributed by atoms with Crippen LogP contribution in [0.2, 0.25) is 0 Å². The molecule has 4 aliphatic carbocycles. The van der Waals surface area contributed by atoms with E-state index in [9.17, 15) is 19.8 Å². The number of nitrogens with two attached hydrogens (primary N) is 1. The second-order valence-corrected chi connectivity index (χ2v) is 12.9. The van der Waals surface area contributed by atoms with Crippen molar-refractivity contribution in [3.8, 4) is 0 Å². The molecule has 7 nitrogen and oxygen atoms in total. The smallest absolute Gasteiger partial charge is 0.248 e. The highest BCUT2D eigenvalue weighted by Crippen LogP contribution is 2.61. The van der Waals surface area contributed by atoms with Gasteiger partial charge < -0.3 is 20.8 Å². The number of benzene rings is 1. The van der Waals surface area contributed by atoms with E-state index in [4.69, 9.17) is 5.73 Å². The van der Waals surface area contributed by atoms with Crippen LogP contribution in [0.4, 0.5) is 0 Å². The lowest BCUT2D eigenvalue weighted by Crippen LogP contribution is -2.59. The molecule has 4 atom stereocenters. The summed E-state index contributed by atoms with van der Waals surface area (Å²) in [6.07, 6.45) is 10.6. The van der Waals surface area contributed by atoms with Gasteiger partial charge >= 0.3 is 0 Å². The lowest BCUT2D eigenvalue weighted by Gasteiger charge is -2.61. The van der Waals surface area contributed by atoms with Gasteiger partial charge in [0.25, 0.3) is 0 Å². The van der Waals surface area contributed by atoms with Gasteiger partial charge in [-0.1, -0.05) is 12.1 Å². The fraction of sp³-hybridized carbons (Fsp3) is 0.724. The zero-order chi connectivity index (χ0) is 25.1. The minimum absolute atomic E-state index is 0.0150. The van der Waals surface area contributed by atoms with Crippen molar-refractivity contribution in [2.45, 2.75) is 87.8 Å². The van der Waals surface area contributed by atoms with Crippen LogP contribution in [0.5, 0.6) is 0 Å². The predicted octanol–water partition coefficient (Wildman–Crippen LogP) is 2.65. The summed E-state index contributed by atoms with van der Waals surface area (Å²) >= 11 is 0. The first kappa shape index (κ1) is 24.4. The number of aliphatic hydroxyl groups excluding tert-OH is 1. The first-order valence-electron chi connectivity index (χ1n) is 14.0. The standard InChI is InChI=1S/C29H41N3O4/c30-27(35)22-3-1-2-21(9-22)23-10-24-4-5-25(11-23)32(24)7-6-31(26(34)16-33)18-28-12-19-8-20(13-28)15-29(36,14-19)17-28/h1-3,9,19-20,23-25,33,36H,4-8,10-18H2,(H2,30,35). The summed E-state index contributed by atoms with van der Waals surface area (Å²) < 4.78 is 0. The van der Waals surface area contributed by atoms with Crippen LogP contribution in [0.25, 0.3) is 0 Å². The number of hydrogen-bond donors (Lipinski definition) is 3. The maximum Gasteiger partial charge on any atom is 0.248 e. The highest BCUT2D eigenvalue weighted by molar-refractivity contribution is 5.92. The number of rotatable bonds is 8. The minimum atomic E-state index is -0.537. The van der Waals surface area contributed by atoms with Crippen molar-refractivity contribution >= 4 is 11.8 Å².